The summed E-state index contributed by atoms with van der Waals surface area (Å²) in [4.78, 5) is 0. The average molecular weight is 211 g/mol. The van der Waals surface area contributed by atoms with Crippen LogP contribution in [0.1, 0.15) is 39.5 Å². The quantitative estimate of drug-likeness (QED) is 0.623. The first-order chi connectivity index (χ1) is 7.19. The summed E-state index contributed by atoms with van der Waals surface area (Å²) >= 11 is 0. The lowest BCUT2D eigenvalue weighted by Crippen LogP contribution is -2.42. The second-order valence-electron chi connectivity index (χ2n) is 4.70. The van der Waals surface area contributed by atoms with Gasteiger partial charge in [0.1, 0.15) is 0 Å². The van der Waals surface area contributed by atoms with Gasteiger partial charge >= 0.3 is 0 Å². The Bertz CT molecular complexity index is 199. The van der Waals surface area contributed by atoms with Crippen LogP contribution in [0.4, 0.5) is 0 Å². The molecule has 0 radical (unpaired) electrons. The Kier molecular flexibility index (Phi) is 5.34. The van der Waals surface area contributed by atoms with Gasteiger partial charge in [0.25, 0.3) is 0 Å². The molecule has 0 saturated heterocycles. The van der Waals surface area contributed by atoms with E-state index in [0.29, 0.717) is 12.1 Å². The number of likely N-dealkylation sites (N-methyl/N-ethyl adjacent to an activating group) is 1. The zero-order valence-corrected chi connectivity index (χ0v) is 10.4. The smallest absolute Gasteiger partial charge is 0.0752 e. The van der Waals surface area contributed by atoms with Crippen molar-refractivity contribution in [2.24, 2.45) is 5.92 Å². The van der Waals surface area contributed by atoms with Crippen LogP contribution in [0.15, 0.2) is 12.2 Å². The van der Waals surface area contributed by atoms with E-state index in [1.165, 1.54) is 18.4 Å². The topological polar surface area (TPSA) is 21.3 Å². The molecule has 1 aliphatic rings. The van der Waals surface area contributed by atoms with Gasteiger partial charge in [-0.15, -0.1) is 6.58 Å². The molecule has 0 aromatic rings. The first kappa shape index (κ1) is 12.7. The summed E-state index contributed by atoms with van der Waals surface area (Å²) in [6.07, 6.45) is 5.34. The van der Waals surface area contributed by atoms with Crippen molar-refractivity contribution in [2.45, 2.75) is 51.7 Å². The van der Waals surface area contributed by atoms with Gasteiger partial charge < -0.3 is 10.1 Å². The normalized spacial score (nSPS) is 19.9. The summed E-state index contributed by atoms with van der Waals surface area (Å²) in [5.41, 5.74) is 1.27. The molecule has 2 atom stereocenters. The second kappa shape index (κ2) is 6.29. The molecule has 1 rings (SSSR count). The Labute approximate surface area is 94.1 Å². The maximum Gasteiger partial charge on any atom is 0.0752 e. The monoisotopic (exact) mass is 211 g/mol. The Morgan fingerprint density at radius 1 is 1.53 bits per heavy atom. The van der Waals surface area contributed by atoms with E-state index in [4.69, 9.17) is 4.74 Å². The highest BCUT2D eigenvalue weighted by Gasteiger charge is 2.36. The summed E-state index contributed by atoms with van der Waals surface area (Å²) in [7, 11) is 1.84. The number of nitrogens with one attached hydrogen (secondary N) is 1. The fraction of sp³-hybridized carbons (Fsp3) is 0.846. The molecule has 0 spiro atoms. The van der Waals surface area contributed by atoms with E-state index >= 15 is 0 Å². The van der Waals surface area contributed by atoms with Crippen LogP contribution in [0.25, 0.3) is 0 Å². The van der Waals surface area contributed by atoms with Gasteiger partial charge in [-0.3, -0.25) is 0 Å². The lowest BCUT2D eigenvalue weighted by molar-refractivity contribution is 0.0490. The minimum Gasteiger partial charge on any atom is -0.380 e. The summed E-state index contributed by atoms with van der Waals surface area (Å²) in [6.45, 7) is 9.24. The molecular formula is C13H25NO. The van der Waals surface area contributed by atoms with Gasteiger partial charge in [-0.25, -0.2) is 0 Å². The number of methoxy groups -OCH3 is 1. The van der Waals surface area contributed by atoms with Crippen LogP contribution in [-0.4, -0.2) is 25.8 Å². The first-order valence-electron chi connectivity index (χ1n) is 6.09. The van der Waals surface area contributed by atoms with E-state index in [-0.39, 0.29) is 0 Å². The molecule has 0 bridgehead atoms. The highest BCUT2D eigenvalue weighted by molar-refractivity contribution is 4.94. The van der Waals surface area contributed by atoms with Crippen LogP contribution in [0, 0.1) is 5.92 Å². The molecule has 0 heterocycles. The highest BCUT2D eigenvalue weighted by Crippen LogP contribution is 2.36. The minimum atomic E-state index is 0.407. The third-order valence-electron chi connectivity index (χ3n) is 3.10. The summed E-state index contributed by atoms with van der Waals surface area (Å²) in [6, 6.07) is 0.504. The molecule has 1 N–H and O–H groups in total. The predicted octanol–water partition coefficient (Wildman–Crippen LogP) is 2.75. The van der Waals surface area contributed by atoms with Crippen molar-refractivity contribution in [1.82, 2.24) is 5.32 Å². The summed E-state index contributed by atoms with van der Waals surface area (Å²) in [5, 5.41) is 3.54. The number of hydrogen-bond donors (Lipinski definition) is 1. The molecule has 2 unspecified atom stereocenters. The lowest BCUT2D eigenvalue weighted by atomic mass is 9.99. The molecule has 0 amide bonds. The van der Waals surface area contributed by atoms with Crippen LogP contribution in [0.5, 0.6) is 0 Å². The minimum absolute atomic E-state index is 0.407. The van der Waals surface area contributed by atoms with Crippen molar-refractivity contribution in [3.8, 4) is 0 Å². The van der Waals surface area contributed by atoms with E-state index in [1.54, 1.807) is 0 Å². The maximum atomic E-state index is 5.63. The number of hydrogen-bond acceptors (Lipinski definition) is 2. The Balaban J connectivity index is 2.42. The second-order valence-corrected chi connectivity index (χ2v) is 4.70. The van der Waals surface area contributed by atoms with Crippen molar-refractivity contribution in [3.63, 3.8) is 0 Å². The fourth-order valence-electron chi connectivity index (χ4n) is 2.16. The van der Waals surface area contributed by atoms with Gasteiger partial charge in [0.2, 0.25) is 0 Å². The molecular weight excluding hydrogens is 186 g/mol. The van der Waals surface area contributed by atoms with E-state index in [2.05, 4.69) is 25.7 Å². The molecule has 0 aromatic heterocycles. The van der Waals surface area contributed by atoms with Crippen molar-refractivity contribution in [3.05, 3.63) is 12.2 Å². The highest BCUT2D eigenvalue weighted by atomic mass is 16.5. The lowest BCUT2D eigenvalue weighted by Gasteiger charge is -2.27. The molecule has 2 heteroatoms. The van der Waals surface area contributed by atoms with Crippen LogP contribution in [-0.2, 0) is 4.74 Å². The standard InChI is InChI=1S/C13H25NO/c1-5-14-12(9-6-10(2)3)13(15-4)11-7-8-11/h11-14H,2,5-9H2,1,3-4H3. The average Bonchev–Trinajstić information content (AvgIpc) is 2.99. The van der Waals surface area contributed by atoms with Gasteiger partial charge in [-0.05, 0) is 45.1 Å². The molecule has 1 saturated carbocycles. The zero-order chi connectivity index (χ0) is 11.3. The van der Waals surface area contributed by atoms with Gasteiger partial charge in [-0.1, -0.05) is 12.5 Å². The van der Waals surface area contributed by atoms with Gasteiger partial charge in [-0.2, -0.15) is 0 Å². The SMILES string of the molecule is C=C(C)CCC(NCC)C(OC)C1CC1. The molecule has 15 heavy (non-hydrogen) atoms. The van der Waals surface area contributed by atoms with Crippen LogP contribution < -0.4 is 5.32 Å². The third-order valence-corrected chi connectivity index (χ3v) is 3.10. The summed E-state index contributed by atoms with van der Waals surface area (Å²) < 4.78 is 5.63. The van der Waals surface area contributed by atoms with Crippen molar-refractivity contribution in [1.29, 1.82) is 0 Å². The van der Waals surface area contributed by atoms with E-state index < -0.39 is 0 Å². The van der Waals surface area contributed by atoms with E-state index in [0.717, 1.165) is 25.3 Å². The zero-order valence-electron chi connectivity index (χ0n) is 10.4. The molecule has 0 aromatic carbocycles. The maximum absolute atomic E-state index is 5.63. The van der Waals surface area contributed by atoms with Gasteiger partial charge in [0.05, 0.1) is 6.10 Å². The van der Waals surface area contributed by atoms with Gasteiger partial charge in [0, 0.05) is 13.2 Å². The first-order valence-corrected chi connectivity index (χ1v) is 6.09. The number of rotatable bonds is 8. The van der Waals surface area contributed by atoms with E-state index in [9.17, 15) is 0 Å². The van der Waals surface area contributed by atoms with Crippen LogP contribution >= 0.6 is 0 Å². The Morgan fingerprint density at radius 2 is 2.20 bits per heavy atom. The van der Waals surface area contributed by atoms with E-state index in [1.807, 2.05) is 7.11 Å². The molecule has 2 nitrogen and oxygen atoms in total. The Morgan fingerprint density at radius 3 is 2.60 bits per heavy atom. The molecule has 0 aliphatic heterocycles. The predicted molar refractivity (Wildman–Crippen MR) is 65.0 cm³/mol. The van der Waals surface area contributed by atoms with Crippen LogP contribution in [0.2, 0.25) is 0 Å². The Hall–Kier alpha value is -0.340. The van der Waals surface area contributed by atoms with Crippen LogP contribution in [0.3, 0.4) is 0 Å². The third kappa shape index (κ3) is 4.35. The fourth-order valence-corrected chi connectivity index (χ4v) is 2.16. The summed E-state index contributed by atoms with van der Waals surface area (Å²) in [5.74, 6) is 0.796. The van der Waals surface area contributed by atoms with Crippen molar-refractivity contribution in [2.75, 3.05) is 13.7 Å². The number of ether oxygens (including phenoxy) is 1. The molecule has 1 fully saturated rings. The van der Waals surface area contributed by atoms with Crippen molar-refractivity contribution >= 4 is 0 Å². The number of allylic oxidation sites excluding steroid dienone is 1. The van der Waals surface area contributed by atoms with Gasteiger partial charge in [0.15, 0.2) is 0 Å². The largest absolute Gasteiger partial charge is 0.380 e. The molecule has 88 valence electrons. The molecule has 1 aliphatic carbocycles. The van der Waals surface area contributed by atoms with Crippen molar-refractivity contribution < 1.29 is 4.74 Å².